The molecule has 0 bridgehead atoms. The van der Waals surface area contributed by atoms with Crippen molar-refractivity contribution in [3.63, 3.8) is 0 Å². The van der Waals surface area contributed by atoms with Crippen LogP contribution in [-0.2, 0) is 4.84 Å². The predicted octanol–water partition coefficient (Wildman–Crippen LogP) is 1.68. The zero-order valence-electron chi connectivity index (χ0n) is 10.7. The fraction of sp³-hybridized carbons (Fsp3) is 0.417. The minimum atomic E-state index is 0.822. The fourth-order valence-corrected chi connectivity index (χ4v) is 2.66. The molecule has 0 aromatic heterocycles. The van der Waals surface area contributed by atoms with E-state index in [1.165, 1.54) is 4.90 Å². The van der Waals surface area contributed by atoms with Crippen molar-refractivity contribution in [3.8, 4) is 0 Å². The number of hydroxylamine groups is 1. The number of hydrogen-bond acceptors (Lipinski definition) is 3. The monoisotopic (exact) mass is 252 g/mol. The van der Waals surface area contributed by atoms with Gasteiger partial charge in [0.05, 0.1) is 33.9 Å². The maximum Gasteiger partial charge on any atom is 0.470 e. The van der Waals surface area contributed by atoms with E-state index >= 15 is 0 Å². The average molecular weight is 252 g/mol. The first-order valence-corrected chi connectivity index (χ1v) is 6.47. The number of amidine groups is 1. The van der Waals surface area contributed by atoms with Gasteiger partial charge in [-0.25, -0.2) is 9.48 Å². The van der Waals surface area contributed by atoms with Gasteiger partial charge in [0, 0.05) is 4.90 Å². The third-order valence-electron chi connectivity index (χ3n) is 2.43. The van der Waals surface area contributed by atoms with E-state index in [9.17, 15) is 0 Å². The van der Waals surface area contributed by atoms with Crippen molar-refractivity contribution in [2.45, 2.75) is 4.90 Å². The van der Waals surface area contributed by atoms with Crippen LogP contribution in [0, 0.1) is 0 Å². The molecular formula is C12H18N3OS+. The molecule has 17 heavy (non-hydrogen) atoms. The number of hydrogen-bond donors (Lipinski definition) is 0. The van der Waals surface area contributed by atoms with Crippen LogP contribution in [0.1, 0.15) is 0 Å². The second-order valence-electron chi connectivity index (χ2n) is 4.28. The number of rotatable bonds is 1. The lowest BCUT2D eigenvalue weighted by Crippen LogP contribution is -2.38. The lowest BCUT2D eigenvalue weighted by Gasteiger charge is -2.19. The van der Waals surface area contributed by atoms with Crippen LogP contribution in [0.3, 0.4) is 0 Å². The largest absolute Gasteiger partial charge is 0.470 e. The number of para-hydroxylation sites is 1. The molecule has 0 unspecified atom stereocenters. The summed E-state index contributed by atoms with van der Waals surface area (Å²) >= 11 is 1.79. The Hall–Kier alpha value is -1.36. The highest BCUT2D eigenvalue weighted by Gasteiger charge is 2.25. The van der Waals surface area contributed by atoms with Gasteiger partial charge in [-0.1, -0.05) is 23.9 Å². The van der Waals surface area contributed by atoms with E-state index in [1.54, 1.807) is 11.8 Å². The maximum absolute atomic E-state index is 5.94. The Kier molecular flexibility index (Phi) is 3.47. The van der Waals surface area contributed by atoms with Crippen LogP contribution < -0.4 is 5.06 Å². The van der Waals surface area contributed by atoms with Gasteiger partial charge in [0.1, 0.15) is 5.88 Å². The number of benzene rings is 1. The van der Waals surface area contributed by atoms with Crippen LogP contribution in [0.4, 0.5) is 5.69 Å². The summed E-state index contributed by atoms with van der Waals surface area (Å²) in [4.78, 5) is 9.17. The summed E-state index contributed by atoms with van der Waals surface area (Å²) in [6, 6.07) is 9.11. The molecule has 1 aromatic rings. The van der Waals surface area contributed by atoms with E-state index in [0.29, 0.717) is 0 Å². The van der Waals surface area contributed by atoms with Crippen LogP contribution in [0.5, 0.6) is 0 Å². The highest BCUT2D eigenvalue weighted by molar-refractivity contribution is 7.99. The second kappa shape index (κ2) is 4.87. The van der Waals surface area contributed by atoms with Gasteiger partial charge in [-0.15, -0.1) is 0 Å². The second-order valence-corrected chi connectivity index (χ2v) is 5.27. The minimum absolute atomic E-state index is 0.822. The molecule has 2 rings (SSSR count). The van der Waals surface area contributed by atoms with Crippen LogP contribution in [-0.4, -0.2) is 49.6 Å². The van der Waals surface area contributed by atoms with Crippen molar-refractivity contribution in [1.29, 1.82) is 0 Å². The molecule has 1 aliphatic rings. The first-order valence-electron chi connectivity index (χ1n) is 5.48. The molecule has 1 aliphatic heterocycles. The van der Waals surface area contributed by atoms with Crippen LogP contribution in [0.2, 0.25) is 0 Å². The van der Waals surface area contributed by atoms with Crippen molar-refractivity contribution in [2.75, 3.05) is 39.1 Å². The smallest absolute Gasteiger partial charge is 0.302 e. The first kappa shape index (κ1) is 12.1. The van der Waals surface area contributed by atoms with E-state index in [2.05, 4.69) is 18.2 Å². The molecule has 0 saturated carbocycles. The third-order valence-corrected chi connectivity index (χ3v) is 3.45. The quantitative estimate of drug-likeness (QED) is 0.430. The SMILES string of the molecule is CN(C)C(ON1CSc2ccccc21)=[N+](C)C. The van der Waals surface area contributed by atoms with Gasteiger partial charge in [-0.05, 0) is 12.1 Å². The molecule has 0 atom stereocenters. The Morgan fingerprint density at radius 3 is 2.71 bits per heavy atom. The van der Waals surface area contributed by atoms with Crippen LogP contribution in [0.15, 0.2) is 29.2 Å². The van der Waals surface area contributed by atoms with Crippen molar-refractivity contribution in [2.24, 2.45) is 0 Å². The Bertz CT molecular complexity index is 441. The lowest BCUT2D eigenvalue weighted by molar-refractivity contribution is -0.481. The third kappa shape index (κ3) is 2.49. The topological polar surface area (TPSA) is 18.7 Å². The molecule has 1 heterocycles. The summed E-state index contributed by atoms with van der Waals surface area (Å²) in [7, 11) is 7.91. The molecule has 4 nitrogen and oxygen atoms in total. The summed E-state index contributed by atoms with van der Waals surface area (Å²) in [6.07, 6.45) is 0. The number of thioether (sulfide) groups is 1. The van der Waals surface area contributed by atoms with E-state index in [-0.39, 0.29) is 0 Å². The summed E-state index contributed by atoms with van der Waals surface area (Å²) in [5.74, 6) is 0.824. The Balaban J connectivity index is 2.20. The maximum atomic E-state index is 5.94. The van der Waals surface area contributed by atoms with Gasteiger partial charge in [0.15, 0.2) is 0 Å². The van der Waals surface area contributed by atoms with E-state index < -0.39 is 0 Å². The van der Waals surface area contributed by atoms with Gasteiger partial charge in [-0.2, -0.15) is 5.06 Å². The highest BCUT2D eigenvalue weighted by atomic mass is 32.2. The minimum Gasteiger partial charge on any atom is -0.302 e. The Morgan fingerprint density at radius 1 is 1.35 bits per heavy atom. The van der Waals surface area contributed by atoms with E-state index in [0.717, 1.165) is 17.6 Å². The molecule has 0 N–H and O–H groups in total. The molecule has 1 aromatic carbocycles. The molecule has 0 radical (unpaired) electrons. The molecule has 0 amide bonds. The van der Waals surface area contributed by atoms with Gasteiger partial charge < -0.3 is 4.84 Å². The zero-order valence-corrected chi connectivity index (χ0v) is 11.5. The molecule has 0 fully saturated rings. The summed E-state index contributed by atoms with van der Waals surface area (Å²) in [5, 5.41) is 1.93. The molecule has 92 valence electrons. The van der Waals surface area contributed by atoms with Gasteiger partial charge in [0.2, 0.25) is 0 Å². The fourth-order valence-electron chi connectivity index (χ4n) is 1.72. The predicted molar refractivity (Wildman–Crippen MR) is 71.5 cm³/mol. The summed E-state index contributed by atoms with van der Waals surface area (Å²) in [6.45, 7) is 0. The molecule has 5 heteroatoms. The normalized spacial score (nSPS) is 13.3. The Morgan fingerprint density at radius 2 is 2.06 bits per heavy atom. The first-order chi connectivity index (χ1) is 8.09. The van der Waals surface area contributed by atoms with Gasteiger partial charge in [0.25, 0.3) is 0 Å². The zero-order chi connectivity index (χ0) is 12.4. The lowest BCUT2D eigenvalue weighted by atomic mass is 10.3. The number of anilines is 1. The molecule has 0 aliphatic carbocycles. The standard InChI is InChI=1S/C12H18N3OS/c1-13(2)12(14(3)4)16-15-9-17-11-8-6-5-7-10(11)15/h5-8H,9H2,1-4H3/q+1. The van der Waals surface area contributed by atoms with Crippen molar-refractivity contribution in [1.82, 2.24) is 4.90 Å². The number of fused-ring (bicyclic) bond motifs is 1. The highest BCUT2D eigenvalue weighted by Crippen LogP contribution is 2.38. The summed E-state index contributed by atoms with van der Waals surface area (Å²) < 4.78 is 1.96. The Labute approximate surface area is 106 Å². The van der Waals surface area contributed by atoms with E-state index in [4.69, 9.17) is 4.84 Å². The van der Waals surface area contributed by atoms with Crippen molar-refractivity contribution in [3.05, 3.63) is 24.3 Å². The van der Waals surface area contributed by atoms with Gasteiger partial charge >= 0.3 is 6.02 Å². The molecular weight excluding hydrogens is 234 g/mol. The molecule has 0 spiro atoms. The van der Waals surface area contributed by atoms with Crippen LogP contribution >= 0.6 is 11.8 Å². The van der Waals surface area contributed by atoms with Crippen LogP contribution in [0.25, 0.3) is 0 Å². The van der Waals surface area contributed by atoms with Crippen molar-refractivity contribution >= 4 is 23.5 Å². The van der Waals surface area contributed by atoms with Gasteiger partial charge in [-0.3, -0.25) is 0 Å². The summed E-state index contributed by atoms with van der Waals surface area (Å²) in [5.41, 5.74) is 1.14. The van der Waals surface area contributed by atoms with Crippen molar-refractivity contribution < 1.29 is 9.41 Å². The molecule has 0 saturated heterocycles. The average Bonchev–Trinajstić information content (AvgIpc) is 2.68. The van der Waals surface area contributed by atoms with E-state index in [1.807, 2.05) is 48.8 Å². The number of nitrogens with zero attached hydrogens (tertiary/aromatic N) is 3.